The Morgan fingerprint density at radius 2 is 1.35 bits per heavy atom. The average Bonchev–Trinajstić information content (AvgIpc) is 2.96. The summed E-state index contributed by atoms with van der Waals surface area (Å²) in [5, 5.41) is 0. The minimum absolute atomic E-state index is 0.197. The van der Waals surface area contributed by atoms with Crippen LogP contribution < -0.4 is 9.47 Å². The molecule has 126 valence electrons. The van der Waals surface area contributed by atoms with Crippen LogP contribution in [0, 0.1) is 0 Å². The minimum Gasteiger partial charge on any atom is -0.459 e. The molecule has 0 N–H and O–H groups in total. The van der Waals surface area contributed by atoms with Crippen LogP contribution in [0.15, 0.2) is 24.3 Å². The molecule has 0 saturated heterocycles. The van der Waals surface area contributed by atoms with E-state index in [1.807, 2.05) is 13.8 Å². The van der Waals surface area contributed by atoms with Crippen molar-refractivity contribution in [1.29, 1.82) is 0 Å². The number of ether oxygens (including phenoxy) is 4. The summed E-state index contributed by atoms with van der Waals surface area (Å²) in [6, 6.07) is 6.69. The maximum Gasteiger partial charge on any atom is 0.453 e. The van der Waals surface area contributed by atoms with Crippen molar-refractivity contribution < 1.29 is 28.5 Å². The van der Waals surface area contributed by atoms with Crippen LogP contribution in [0.25, 0.3) is 0 Å². The number of esters is 2. The topological polar surface area (TPSA) is 71.1 Å². The lowest BCUT2D eigenvalue weighted by molar-refractivity contribution is -0.202. The molecule has 0 radical (unpaired) electrons. The molecule has 0 aromatic heterocycles. The fraction of sp³-hybridized carbons (Fsp3) is 0.529. The molecule has 0 aliphatic carbocycles. The minimum atomic E-state index is -2.20. The van der Waals surface area contributed by atoms with Gasteiger partial charge in [0.25, 0.3) is 0 Å². The lowest BCUT2D eigenvalue weighted by Crippen LogP contribution is -2.56. The molecular weight excluding hydrogens is 300 g/mol. The molecular formula is C17H22O6. The predicted octanol–water partition coefficient (Wildman–Crippen LogP) is 2.84. The predicted molar refractivity (Wildman–Crippen MR) is 82.2 cm³/mol. The molecule has 0 spiro atoms. The van der Waals surface area contributed by atoms with Crippen LogP contribution in [-0.4, -0.2) is 30.9 Å². The highest BCUT2D eigenvalue weighted by molar-refractivity contribution is 6.03. The van der Waals surface area contributed by atoms with Crippen LogP contribution in [-0.2, 0) is 19.1 Å². The Balaban J connectivity index is 2.15. The Morgan fingerprint density at radius 1 is 0.913 bits per heavy atom. The SMILES string of the molecule is CCCCOC(=O)C1(C(=O)OCCCC)Oc2ccccc2O1. The molecule has 0 unspecified atom stereocenters. The van der Waals surface area contributed by atoms with Crippen LogP contribution in [0.4, 0.5) is 0 Å². The molecule has 6 heteroatoms. The molecule has 1 aliphatic heterocycles. The average molecular weight is 322 g/mol. The number of carbonyl (C=O) groups is 2. The first-order chi connectivity index (χ1) is 11.1. The highest BCUT2D eigenvalue weighted by Gasteiger charge is 2.59. The van der Waals surface area contributed by atoms with Gasteiger partial charge in [-0.2, -0.15) is 0 Å². The van der Waals surface area contributed by atoms with Crippen molar-refractivity contribution in [3.05, 3.63) is 24.3 Å². The number of benzene rings is 1. The van der Waals surface area contributed by atoms with Crippen LogP contribution in [0.1, 0.15) is 39.5 Å². The van der Waals surface area contributed by atoms with Gasteiger partial charge in [-0.05, 0) is 25.0 Å². The third-order valence-electron chi connectivity index (χ3n) is 3.36. The Hall–Kier alpha value is -2.24. The molecule has 1 aromatic carbocycles. The van der Waals surface area contributed by atoms with E-state index >= 15 is 0 Å². The van der Waals surface area contributed by atoms with Crippen molar-refractivity contribution in [2.45, 2.75) is 45.3 Å². The molecule has 1 heterocycles. The van der Waals surface area contributed by atoms with Gasteiger partial charge in [-0.1, -0.05) is 38.8 Å². The largest absolute Gasteiger partial charge is 0.459 e. The van der Waals surface area contributed by atoms with E-state index in [1.165, 1.54) is 0 Å². The summed E-state index contributed by atoms with van der Waals surface area (Å²) in [6.45, 7) is 4.34. The van der Waals surface area contributed by atoms with Crippen molar-refractivity contribution in [2.24, 2.45) is 0 Å². The van der Waals surface area contributed by atoms with E-state index in [0.29, 0.717) is 24.3 Å². The Kier molecular flexibility index (Phi) is 5.84. The van der Waals surface area contributed by atoms with E-state index in [4.69, 9.17) is 18.9 Å². The van der Waals surface area contributed by atoms with E-state index in [0.717, 1.165) is 12.8 Å². The van der Waals surface area contributed by atoms with E-state index in [-0.39, 0.29) is 13.2 Å². The standard InChI is InChI=1S/C17H22O6/c1-3-5-11-20-15(18)17(16(19)21-12-6-4-2)22-13-9-7-8-10-14(13)23-17/h7-10H,3-6,11-12H2,1-2H3. The maximum atomic E-state index is 12.4. The molecule has 0 saturated carbocycles. The first-order valence-corrected chi connectivity index (χ1v) is 7.95. The van der Waals surface area contributed by atoms with Gasteiger partial charge >= 0.3 is 17.7 Å². The number of fused-ring (bicyclic) bond motifs is 1. The first kappa shape index (κ1) is 17.1. The fourth-order valence-corrected chi connectivity index (χ4v) is 2.01. The molecule has 1 aromatic rings. The molecule has 0 atom stereocenters. The zero-order chi connectivity index (χ0) is 16.7. The van der Waals surface area contributed by atoms with Crippen LogP contribution in [0.2, 0.25) is 0 Å². The molecule has 0 bridgehead atoms. The van der Waals surface area contributed by atoms with Gasteiger partial charge in [0.2, 0.25) is 0 Å². The number of hydrogen-bond acceptors (Lipinski definition) is 6. The summed E-state index contributed by atoms with van der Waals surface area (Å²) in [7, 11) is 0. The van der Waals surface area contributed by atoms with Gasteiger partial charge in [-0.3, -0.25) is 0 Å². The number of rotatable bonds is 8. The molecule has 0 fully saturated rings. The summed E-state index contributed by atoms with van der Waals surface area (Å²) in [5.74, 6) is -3.35. The third kappa shape index (κ3) is 3.75. The molecule has 6 nitrogen and oxygen atoms in total. The monoisotopic (exact) mass is 322 g/mol. The van der Waals surface area contributed by atoms with E-state index < -0.39 is 17.7 Å². The lowest BCUT2D eigenvalue weighted by atomic mass is 10.2. The van der Waals surface area contributed by atoms with E-state index in [9.17, 15) is 9.59 Å². The van der Waals surface area contributed by atoms with Gasteiger partial charge in [0.05, 0.1) is 13.2 Å². The zero-order valence-corrected chi connectivity index (χ0v) is 13.5. The van der Waals surface area contributed by atoms with Gasteiger partial charge in [-0.15, -0.1) is 0 Å². The van der Waals surface area contributed by atoms with Crippen molar-refractivity contribution in [3.63, 3.8) is 0 Å². The smallest absolute Gasteiger partial charge is 0.453 e. The van der Waals surface area contributed by atoms with Gasteiger partial charge in [0.15, 0.2) is 11.5 Å². The van der Waals surface area contributed by atoms with Crippen molar-refractivity contribution in [3.8, 4) is 11.5 Å². The summed E-state index contributed by atoms with van der Waals surface area (Å²) < 4.78 is 21.3. The zero-order valence-electron chi connectivity index (χ0n) is 13.5. The normalized spacial score (nSPS) is 14.3. The van der Waals surface area contributed by atoms with Gasteiger partial charge < -0.3 is 18.9 Å². The summed E-state index contributed by atoms with van der Waals surface area (Å²) >= 11 is 0. The highest BCUT2D eigenvalue weighted by atomic mass is 16.8. The quantitative estimate of drug-likeness (QED) is 0.416. The van der Waals surface area contributed by atoms with Crippen molar-refractivity contribution >= 4 is 11.9 Å². The van der Waals surface area contributed by atoms with Gasteiger partial charge in [-0.25, -0.2) is 9.59 Å². The second-order valence-corrected chi connectivity index (χ2v) is 5.25. The lowest BCUT2D eigenvalue weighted by Gasteiger charge is -2.23. The van der Waals surface area contributed by atoms with E-state index in [2.05, 4.69) is 0 Å². The third-order valence-corrected chi connectivity index (χ3v) is 3.36. The van der Waals surface area contributed by atoms with Crippen molar-refractivity contribution in [2.75, 3.05) is 13.2 Å². The first-order valence-electron chi connectivity index (χ1n) is 7.95. The maximum absolute atomic E-state index is 12.4. The summed E-state index contributed by atoms with van der Waals surface area (Å²) in [6.07, 6.45) is 3.12. The van der Waals surface area contributed by atoms with Gasteiger partial charge in [0, 0.05) is 0 Å². The van der Waals surface area contributed by atoms with Crippen LogP contribution in [0.3, 0.4) is 0 Å². The van der Waals surface area contributed by atoms with Gasteiger partial charge in [0.1, 0.15) is 0 Å². The van der Waals surface area contributed by atoms with E-state index in [1.54, 1.807) is 24.3 Å². The molecule has 23 heavy (non-hydrogen) atoms. The number of carbonyl (C=O) groups excluding carboxylic acids is 2. The van der Waals surface area contributed by atoms with Crippen LogP contribution in [0.5, 0.6) is 11.5 Å². The Morgan fingerprint density at radius 3 is 1.74 bits per heavy atom. The number of hydrogen-bond donors (Lipinski definition) is 0. The molecule has 0 amide bonds. The Bertz CT molecular complexity index is 505. The Labute approximate surface area is 135 Å². The second-order valence-electron chi connectivity index (χ2n) is 5.25. The summed E-state index contributed by atoms with van der Waals surface area (Å²) in [5.41, 5.74) is 0. The number of para-hydroxylation sites is 2. The highest BCUT2D eigenvalue weighted by Crippen LogP contribution is 2.40. The van der Waals surface area contributed by atoms with Crippen molar-refractivity contribution in [1.82, 2.24) is 0 Å². The second kappa shape index (κ2) is 7.85. The molecule has 2 rings (SSSR count). The van der Waals surface area contributed by atoms with Crippen LogP contribution >= 0.6 is 0 Å². The fourth-order valence-electron chi connectivity index (χ4n) is 2.01. The summed E-state index contributed by atoms with van der Waals surface area (Å²) in [4.78, 5) is 24.8. The molecule has 1 aliphatic rings. The number of unbranched alkanes of at least 4 members (excludes halogenated alkanes) is 2.